The largest absolute Gasteiger partial charge is 0.466 e. The van der Waals surface area contributed by atoms with Crippen molar-refractivity contribution in [3.05, 3.63) is 45.7 Å². The van der Waals surface area contributed by atoms with Crippen LogP contribution in [0.2, 0.25) is 0 Å². The number of hydrogen-bond donors (Lipinski definition) is 2. The van der Waals surface area contributed by atoms with Crippen molar-refractivity contribution in [3.8, 4) is 0 Å². The normalized spacial score (nSPS) is 12.4. The van der Waals surface area contributed by atoms with Gasteiger partial charge in [-0.3, -0.25) is 4.79 Å². The first-order valence-corrected chi connectivity index (χ1v) is 6.55. The smallest absolute Gasteiger partial charge is 0.287 e. The molecule has 2 N–H and O–H groups in total. The van der Waals surface area contributed by atoms with E-state index in [1.807, 2.05) is 6.92 Å². The SMILES string of the molecule is Cc1cc([C@@H](O)CNC(=O)c2ccc(Br)o2)c(C)o1. The number of aliphatic hydroxyl groups excluding tert-OH is 1. The zero-order valence-electron chi connectivity index (χ0n) is 10.6. The first-order valence-electron chi connectivity index (χ1n) is 5.76. The van der Waals surface area contributed by atoms with Gasteiger partial charge < -0.3 is 19.3 Å². The molecule has 0 saturated heterocycles. The van der Waals surface area contributed by atoms with Gasteiger partial charge in [0.2, 0.25) is 0 Å². The van der Waals surface area contributed by atoms with Gasteiger partial charge in [-0.25, -0.2) is 0 Å². The van der Waals surface area contributed by atoms with E-state index < -0.39 is 6.10 Å². The number of rotatable bonds is 4. The third kappa shape index (κ3) is 3.27. The maximum atomic E-state index is 11.7. The van der Waals surface area contributed by atoms with Gasteiger partial charge >= 0.3 is 0 Å². The standard InChI is InChI=1S/C13H14BrNO4/c1-7-5-9(8(2)18-7)10(16)6-15-13(17)11-3-4-12(14)19-11/h3-5,10,16H,6H2,1-2H3,(H,15,17)/t10-/m0/s1. The summed E-state index contributed by atoms with van der Waals surface area (Å²) in [6, 6.07) is 4.95. The lowest BCUT2D eigenvalue weighted by Crippen LogP contribution is -2.28. The van der Waals surface area contributed by atoms with Gasteiger partial charge in [0.1, 0.15) is 11.5 Å². The average molecular weight is 328 g/mol. The molecule has 2 aromatic heterocycles. The van der Waals surface area contributed by atoms with E-state index in [1.54, 1.807) is 25.1 Å². The molecule has 0 aliphatic carbocycles. The van der Waals surface area contributed by atoms with Crippen LogP contribution in [0, 0.1) is 13.8 Å². The van der Waals surface area contributed by atoms with Gasteiger partial charge in [0.25, 0.3) is 5.91 Å². The summed E-state index contributed by atoms with van der Waals surface area (Å²) in [7, 11) is 0. The van der Waals surface area contributed by atoms with Crippen LogP contribution in [0.5, 0.6) is 0 Å². The van der Waals surface area contributed by atoms with Crippen LogP contribution in [0.15, 0.2) is 31.7 Å². The first kappa shape index (κ1) is 13.9. The minimum atomic E-state index is -0.806. The zero-order valence-corrected chi connectivity index (χ0v) is 12.2. The zero-order chi connectivity index (χ0) is 14.0. The molecular weight excluding hydrogens is 314 g/mol. The van der Waals surface area contributed by atoms with E-state index in [-0.39, 0.29) is 18.2 Å². The van der Waals surface area contributed by atoms with Crippen molar-refractivity contribution in [3.63, 3.8) is 0 Å². The van der Waals surface area contributed by atoms with E-state index in [2.05, 4.69) is 21.2 Å². The van der Waals surface area contributed by atoms with Crippen LogP contribution in [0.4, 0.5) is 0 Å². The summed E-state index contributed by atoms with van der Waals surface area (Å²) in [6.45, 7) is 3.68. The minimum Gasteiger partial charge on any atom is -0.466 e. The lowest BCUT2D eigenvalue weighted by atomic mass is 10.1. The molecule has 6 heteroatoms. The molecule has 0 fully saturated rings. The molecule has 0 aromatic carbocycles. The van der Waals surface area contributed by atoms with Crippen molar-refractivity contribution >= 4 is 21.8 Å². The Balaban J connectivity index is 1.95. The van der Waals surface area contributed by atoms with Crippen LogP contribution >= 0.6 is 15.9 Å². The molecular formula is C13H14BrNO4. The van der Waals surface area contributed by atoms with Gasteiger partial charge in [0.05, 0.1) is 6.10 Å². The van der Waals surface area contributed by atoms with Gasteiger partial charge in [0, 0.05) is 12.1 Å². The van der Waals surface area contributed by atoms with E-state index in [4.69, 9.17) is 8.83 Å². The fourth-order valence-electron chi connectivity index (χ4n) is 1.80. The van der Waals surface area contributed by atoms with Crippen LogP contribution in [0.3, 0.4) is 0 Å². The molecule has 2 rings (SSSR count). The lowest BCUT2D eigenvalue weighted by molar-refractivity contribution is 0.0887. The van der Waals surface area contributed by atoms with Gasteiger partial charge in [-0.15, -0.1) is 0 Å². The summed E-state index contributed by atoms with van der Waals surface area (Å²) in [5.41, 5.74) is 0.679. The number of carbonyl (C=O) groups is 1. The van der Waals surface area contributed by atoms with Gasteiger partial charge in [-0.2, -0.15) is 0 Å². The van der Waals surface area contributed by atoms with E-state index in [1.165, 1.54) is 0 Å². The van der Waals surface area contributed by atoms with Crippen molar-refractivity contribution < 1.29 is 18.7 Å². The Morgan fingerprint density at radius 2 is 2.16 bits per heavy atom. The minimum absolute atomic E-state index is 0.0942. The molecule has 0 saturated carbocycles. The summed E-state index contributed by atoms with van der Waals surface area (Å²) in [5, 5.41) is 12.6. The molecule has 0 bridgehead atoms. The third-order valence-electron chi connectivity index (χ3n) is 2.69. The number of nitrogens with one attached hydrogen (secondary N) is 1. The van der Waals surface area contributed by atoms with Crippen LogP contribution in [0.1, 0.15) is 33.7 Å². The molecule has 0 spiro atoms. The van der Waals surface area contributed by atoms with E-state index in [0.29, 0.717) is 16.0 Å². The Hall–Kier alpha value is -1.53. The highest BCUT2D eigenvalue weighted by Gasteiger charge is 2.17. The predicted octanol–water partition coefficient (Wildman–Crippen LogP) is 2.72. The highest BCUT2D eigenvalue weighted by molar-refractivity contribution is 9.10. The summed E-state index contributed by atoms with van der Waals surface area (Å²) in [5.74, 6) is 1.20. The number of aliphatic hydroxyl groups is 1. The number of amides is 1. The number of aryl methyl sites for hydroxylation is 2. The van der Waals surface area contributed by atoms with Crippen molar-refractivity contribution in [2.24, 2.45) is 0 Å². The molecule has 1 atom stereocenters. The number of furan rings is 2. The summed E-state index contributed by atoms with van der Waals surface area (Å²) in [4.78, 5) is 11.7. The fourth-order valence-corrected chi connectivity index (χ4v) is 2.11. The number of halogens is 1. The van der Waals surface area contributed by atoms with E-state index >= 15 is 0 Å². The Kier molecular flexibility index (Phi) is 4.11. The molecule has 19 heavy (non-hydrogen) atoms. The summed E-state index contributed by atoms with van der Waals surface area (Å²) in [6.07, 6.45) is -0.806. The van der Waals surface area contributed by atoms with E-state index in [9.17, 15) is 9.90 Å². The Morgan fingerprint density at radius 3 is 2.68 bits per heavy atom. The highest BCUT2D eigenvalue weighted by Crippen LogP contribution is 2.21. The van der Waals surface area contributed by atoms with Crippen LogP contribution < -0.4 is 5.32 Å². The summed E-state index contributed by atoms with van der Waals surface area (Å²) < 4.78 is 10.9. The van der Waals surface area contributed by atoms with Gasteiger partial charge in [-0.05, 0) is 48.0 Å². The Morgan fingerprint density at radius 1 is 1.42 bits per heavy atom. The molecule has 0 aliphatic rings. The Labute approximate surface area is 118 Å². The van der Waals surface area contributed by atoms with Crippen LogP contribution in [0.25, 0.3) is 0 Å². The molecule has 102 valence electrons. The second kappa shape index (κ2) is 5.63. The van der Waals surface area contributed by atoms with Crippen LogP contribution in [-0.4, -0.2) is 17.6 Å². The number of carbonyl (C=O) groups excluding carboxylic acids is 1. The maximum absolute atomic E-state index is 11.7. The Bertz CT molecular complexity index is 587. The highest BCUT2D eigenvalue weighted by atomic mass is 79.9. The molecule has 0 unspecified atom stereocenters. The fraction of sp³-hybridized carbons (Fsp3) is 0.308. The predicted molar refractivity (Wildman–Crippen MR) is 71.9 cm³/mol. The first-order chi connectivity index (χ1) is 8.97. The topological polar surface area (TPSA) is 75.6 Å². The second-order valence-corrected chi connectivity index (χ2v) is 4.98. The van der Waals surface area contributed by atoms with Crippen molar-refractivity contribution in [1.29, 1.82) is 0 Å². The van der Waals surface area contributed by atoms with Crippen molar-refractivity contribution in [1.82, 2.24) is 5.32 Å². The van der Waals surface area contributed by atoms with Crippen molar-refractivity contribution in [2.75, 3.05) is 6.54 Å². The van der Waals surface area contributed by atoms with Crippen molar-refractivity contribution in [2.45, 2.75) is 20.0 Å². The lowest BCUT2D eigenvalue weighted by Gasteiger charge is -2.10. The molecule has 5 nitrogen and oxygen atoms in total. The van der Waals surface area contributed by atoms with Crippen LogP contribution in [-0.2, 0) is 0 Å². The monoisotopic (exact) mass is 327 g/mol. The molecule has 2 heterocycles. The van der Waals surface area contributed by atoms with E-state index in [0.717, 1.165) is 5.76 Å². The average Bonchev–Trinajstić information content (AvgIpc) is 2.92. The molecule has 1 amide bonds. The third-order valence-corrected chi connectivity index (χ3v) is 3.12. The molecule has 2 aromatic rings. The summed E-state index contributed by atoms with van der Waals surface area (Å²) >= 11 is 3.12. The van der Waals surface area contributed by atoms with Gasteiger partial charge in [-0.1, -0.05) is 0 Å². The number of hydrogen-bond acceptors (Lipinski definition) is 4. The maximum Gasteiger partial charge on any atom is 0.287 e. The quantitative estimate of drug-likeness (QED) is 0.905. The second-order valence-electron chi connectivity index (χ2n) is 4.20. The molecule has 0 radical (unpaired) electrons. The van der Waals surface area contributed by atoms with Gasteiger partial charge in [0.15, 0.2) is 10.4 Å². The molecule has 0 aliphatic heterocycles.